The van der Waals surface area contributed by atoms with Crippen LogP contribution >= 0.6 is 22.6 Å². The third-order valence-corrected chi connectivity index (χ3v) is 3.21. The van der Waals surface area contributed by atoms with Crippen molar-refractivity contribution >= 4 is 22.6 Å². The molecule has 2 aromatic carbocycles. The first-order chi connectivity index (χ1) is 8.29. The van der Waals surface area contributed by atoms with E-state index >= 15 is 0 Å². The fourth-order valence-electron chi connectivity index (χ4n) is 1.35. The molecule has 0 aliphatic carbocycles. The molecule has 2 rings (SSSR count). The zero-order valence-corrected chi connectivity index (χ0v) is 11.2. The van der Waals surface area contributed by atoms with E-state index in [-0.39, 0.29) is 0 Å². The third kappa shape index (κ3) is 3.12. The summed E-state index contributed by atoms with van der Waals surface area (Å²) in [5.74, 6) is 8.87. The fraction of sp³-hybridized carbons (Fsp3) is 0. The molecule has 0 amide bonds. The first-order valence-electron chi connectivity index (χ1n) is 5.13. The van der Waals surface area contributed by atoms with E-state index in [1.807, 2.05) is 48.5 Å². The van der Waals surface area contributed by atoms with Crippen LogP contribution in [-0.4, -0.2) is 0 Å². The number of rotatable bonds is 0. The second kappa shape index (κ2) is 5.57. The average molecular weight is 328 g/mol. The summed E-state index contributed by atoms with van der Waals surface area (Å²) in [6.07, 6.45) is 5.30. The molecule has 2 aromatic rings. The first-order valence-corrected chi connectivity index (χ1v) is 6.21. The van der Waals surface area contributed by atoms with Gasteiger partial charge in [0.15, 0.2) is 0 Å². The lowest BCUT2D eigenvalue weighted by atomic mass is 10.1. The van der Waals surface area contributed by atoms with Crippen molar-refractivity contribution in [3.05, 3.63) is 68.8 Å². The van der Waals surface area contributed by atoms with E-state index in [4.69, 9.17) is 6.42 Å². The highest BCUT2D eigenvalue weighted by Crippen LogP contribution is 2.10. The van der Waals surface area contributed by atoms with Crippen LogP contribution in [-0.2, 0) is 0 Å². The van der Waals surface area contributed by atoms with Crippen LogP contribution in [0.5, 0.6) is 0 Å². The van der Waals surface area contributed by atoms with Crippen LogP contribution in [0.3, 0.4) is 0 Å². The van der Waals surface area contributed by atoms with Crippen LogP contribution in [0.15, 0.2) is 48.5 Å². The molecule has 0 bridgehead atoms. The average Bonchev–Trinajstić information content (AvgIpc) is 2.38. The Morgan fingerprint density at radius 2 is 1.47 bits per heavy atom. The number of terminal acetylenes is 1. The summed E-state index contributed by atoms with van der Waals surface area (Å²) in [7, 11) is 0. The lowest BCUT2D eigenvalue weighted by molar-refractivity contribution is 1.57. The van der Waals surface area contributed by atoms with Crippen molar-refractivity contribution in [2.24, 2.45) is 0 Å². The largest absolute Gasteiger partial charge is 0.115 e. The number of hydrogen-bond donors (Lipinski definition) is 0. The monoisotopic (exact) mass is 328 g/mol. The minimum absolute atomic E-state index is 0.879. The normalized spacial score (nSPS) is 8.94. The van der Waals surface area contributed by atoms with Gasteiger partial charge >= 0.3 is 0 Å². The molecule has 0 saturated carbocycles. The summed E-state index contributed by atoms with van der Waals surface area (Å²) >= 11 is 2.29. The maximum Gasteiger partial charge on any atom is 0.0382 e. The maximum absolute atomic E-state index is 5.30. The molecule has 0 N–H and O–H groups in total. The van der Waals surface area contributed by atoms with Gasteiger partial charge < -0.3 is 0 Å². The Balaban J connectivity index is 2.28. The van der Waals surface area contributed by atoms with Crippen LogP contribution in [0.1, 0.15) is 16.7 Å². The molecule has 1 heteroatoms. The van der Waals surface area contributed by atoms with Crippen molar-refractivity contribution < 1.29 is 0 Å². The highest BCUT2D eigenvalue weighted by atomic mass is 127. The molecule has 0 radical (unpaired) electrons. The molecule has 80 valence electrons. The summed E-state index contributed by atoms with van der Waals surface area (Å²) in [5, 5.41) is 0. The zero-order chi connectivity index (χ0) is 12.1. The van der Waals surface area contributed by atoms with Crippen molar-refractivity contribution in [2.75, 3.05) is 0 Å². The summed E-state index contributed by atoms with van der Waals surface area (Å²) in [6, 6.07) is 15.8. The van der Waals surface area contributed by atoms with Crippen molar-refractivity contribution in [3.63, 3.8) is 0 Å². The van der Waals surface area contributed by atoms with E-state index in [9.17, 15) is 0 Å². The van der Waals surface area contributed by atoms with Gasteiger partial charge in [0.1, 0.15) is 0 Å². The predicted octanol–water partition coefficient (Wildman–Crippen LogP) is 3.67. The van der Waals surface area contributed by atoms with Crippen LogP contribution in [0, 0.1) is 27.8 Å². The Labute approximate surface area is 115 Å². The van der Waals surface area contributed by atoms with Gasteiger partial charge in [-0.15, -0.1) is 6.42 Å². The highest BCUT2D eigenvalue weighted by Gasteiger charge is 1.92. The van der Waals surface area contributed by atoms with Gasteiger partial charge in [0, 0.05) is 20.3 Å². The fourth-order valence-corrected chi connectivity index (χ4v) is 1.87. The van der Waals surface area contributed by atoms with Gasteiger partial charge in [-0.1, -0.05) is 29.9 Å². The van der Waals surface area contributed by atoms with E-state index < -0.39 is 0 Å². The summed E-state index contributed by atoms with van der Waals surface area (Å²) in [6.45, 7) is 0. The van der Waals surface area contributed by atoms with Crippen molar-refractivity contribution in [3.8, 4) is 24.2 Å². The van der Waals surface area contributed by atoms with Gasteiger partial charge in [0.05, 0.1) is 0 Å². The minimum Gasteiger partial charge on any atom is -0.115 e. The molecule has 0 atom stereocenters. The molecule has 17 heavy (non-hydrogen) atoms. The second-order valence-electron chi connectivity index (χ2n) is 3.45. The summed E-state index contributed by atoms with van der Waals surface area (Å²) in [5.41, 5.74) is 2.91. The van der Waals surface area contributed by atoms with Gasteiger partial charge in [-0.3, -0.25) is 0 Å². The van der Waals surface area contributed by atoms with Gasteiger partial charge in [0.2, 0.25) is 0 Å². The van der Waals surface area contributed by atoms with E-state index in [1.165, 1.54) is 0 Å². The number of benzene rings is 2. The summed E-state index contributed by atoms with van der Waals surface area (Å²) in [4.78, 5) is 0. The molecule has 0 aliphatic rings. The molecular weight excluding hydrogens is 319 g/mol. The predicted molar refractivity (Wildman–Crippen MR) is 79.5 cm³/mol. The minimum atomic E-state index is 0.879. The molecule has 0 fully saturated rings. The van der Waals surface area contributed by atoms with Gasteiger partial charge in [0.25, 0.3) is 0 Å². The Kier molecular flexibility index (Phi) is 3.85. The third-order valence-electron chi connectivity index (χ3n) is 2.27. The zero-order valence-electron chi connectivity index (χ0n) is 9.07. The lowest BCUT2D eigenvalue weighted by Gasteiger charge is -1.94. The van der Waals surface area contributed by atoms with E-state index in [0.29, 0.717) is 0 Å². The molecular formula is C16H9I. The lowest BCUT2D eigenvalue weighted by Crippen LogP contribution is -1.80. The standard InChI is InChI=1S/C16H9I/c1-2-13-7-9-14(10-8-13)11-12-15-5-3-4-6-16(15)17/h1,3-10H. The molecule has 0 aliphatic heterocycles. The van der Waals surface area contributed by atoms with Crippen LogP contribution < -0.4 is 0 Å². The second-order valence-corrected chi connectivity index (χ2v) is 4.61. The van der Waals surface area contributed by atoms with Crippen molar-refractivity contribution in [2.45, 2.75) is 0 Å². The Morgan fingerprint density at radius 1 is 0.824 bits per heavy atom. The topological polar surface area (TPSA) is 0 Å². The molecule has 0 unspecified atom stereocenters. The highest BCUT2D eigenvalue weighted by molar-refractivity contribution is 14.1. The Morgan fingerprint density at radius 3 is 2.12 bits per heavy atom. The molecule has 0 saturated heterocycles. The van der Waals surface area contributed by atoms with Crippen molar-refractivity contribution in [1.82, 2.24) is 0 Å². The van der Waals surface area contributed by atoms with Crippen molar-refractivity contribution in [1.29, 1.82) is 0 Å². The SMILES string of the molecule is C#Cc1ccc(C#Cc2ccccc2I)cc1. The van der Waals surface area contributed by atoms with E-state index in [0.717, 1.165) is 20.3 Å². The summed E-state index contributed by atoms with van der Waals surface area (Å²) < 4.78 is 1.16. The van der Waals surface area contributed by atoms with E-state index in [2.05, 4.69) is 40.4 Å². The molecule has 0 nitrogen and oxygen atoms in total. The smallest absolute Gasteiger partial charge is 0.0382 e. The van der Waals surface area contributed by atoms with Gasteiger partial charge in [-0.25, -0.2) is 0 Å². The number of halogens is 1. The maximum atomic E-state index is 5.30. The van der Waals surface area contributed by atoms with E-state index in [1.54, 1.807) is 0 Å². The van der Waals surface area contributed by atoms with Crippen LogP contribution in [0.4, 0.5) is 0 Å². The molecule has 0 spiro atoms. The van der Waals surface area contributed by atoms with Crippen LogP contribution in [0.2, 0.25) is 0 Å². The Bertz CT molecular complexity index is 619. The van der Waals surface area contributed by atoms with Gasteiger partial charge in [-0.05, 0) is 59.0 Å². The Hall–Kier alpha value is -1.71. The molecule has 0 aromatic heterocycles. The molecule has 0 heterocycles. The quantitative estimate of drug-likeness (QED) is 0.511. The van der Waals surface area contributed by atoms with Gasteiger partial charge in [-0.2, -0.15) is 0 Å². The van der Waals surface area contributed by atoms with Crippen LogP contribution in [0.25, 0.3) is 0 Å². The number of hydrogen-bond acceptors (Lipinski definition) is 0. The first kappa shape index (κ1) is 11.8.